The Hall–Kier alpha value is -1.55. The van der Waals surface area contributed by atoms with E-state index in [2.05, 4.69) is 36.0 Å². The van der Waals surface area contributed by atoms with Crippen LogP contribution in [0.2, 0.25) is 0 Å². The Balaban J connectivity index is 2.60. The number of benzene rings is 1. The number of rotatable bonds is 5. The van der Waals surface area contributed by atoms with E-state index in [1.165, 1.54) is 11.1 Å². The monoisotopic (exact) mass is 235 g/mol. The van der Waals surface area contributed by atoms with Gasteiger partial charge in [0.2, 0.25) is 0 Å². The average molecular weight is 235 g/mol. The van der Waals surface area contributed by atoms with Crippen LogP contribution < -0.4 is 5.73 Å². The van der Waals surface area contributed by atoms with E-state index in [0.717, 1.165) is 6.54 Å². The molecule has 0 saturated carbocycles. The summed E-state index contributed by atoms with van der Waals surface area (Å²) >= 11 is 0. The summed E-state index contributed by atoms with van der Waals surface area (Å²) in [5.41, 5.74) is 8.10. The molecular weight excluding hydrogens is 214 g/mol. The minimum absolute atomic E-state index is 0.241. The molecule has 1 unspecified atom stereocenters. The van der Waals surface area contributed by atoms with Gasteiger partial charge in [-0.3, -0.25) is 4.90 Å². The van der Waals surface area contributed by atoms with Gasteiger partial charge in [0.05, 0.1) is 0 Å². The van der Waals surface area contributed by atoms with Crippen LogP contribution in [0.3, 0.4) is 0 Å². The first-order valence-corrected chi connectivity index (χ1v) is 5.75. The molecule has 0 spiro atoms. The molecule has 0 aliphatic carbocycles. The van der Waals surface area contributed by atoms with Crippen molar-refractivity contribution in [2.45, 2.75) is 32.9 Å². The molecule has 4 nitrogen and oxygen atoms in total. The molecule has 1 aromatic rings. The van der Waals surface area contributed by atoms with Crippen LogP contribution in [0.4, 0.5) is 0 Å². The van der Waals surface area contributed by atoms with Crippen LogP contribution in [0.15, 0.2) is 29.4 Å². The average Bonchev–Trinajstić information content (AvgIpc) is 2.31. The lowest BCUT2D eigenvalue weighted by molar-refractivity contribution is 0.250. The van der Waals surface area contributed by atoms with Gasteiger partial charge in [-0.15, -0.1) is 0 Å². The van der Waals surface area contributed by atoms with Crippen LogP contribution in [-0.4, -0.2) is 29.0 Å². The largest absolute Gasteiger partial charge is 0.409 e. The lowest BCUT2D eigenvalue weighted by Gasteiger charge is -2.24. The smallest absolute Gasteiger partial charge is 0.140 e. The topological polar surface area (TPSA) is 61.8 Å². The molecule has 1 aromatic carbocycles. The standard InChI is InChI=1S/C13H21N3O/c1-10-6-4-5-7-12(10)9-16(3)11(2)8-13(14)15-17/h4-7,11,17H,8-9H2,1-3H3,(H2,14,15). The third-order valence-corrected chi connectivity index (χ3v) is 3.07. The summed E-state index contributed by atoms with van der Waals surface area (Å²) < 4.78 is 0. The van der Waals surface area contributed by atoms with Crippen LogP contribution in [0.5, 0.6) is 0 Å². The number of nitrogens with two attached hydrogens (primary N) is 1. The Morgan fingerprint density at radius 2 is 2.12 bits per heavy atom. The highest BCUT2D eigenvalue weighted by molar-refractivity contribution is 5.80. The maximum absolute atomic E-state index is 8.54. The van der Waals surface area contributed by atoms with Crippen molar-refractivity contribution < 1.29 is 5.21 Å². The second-order valence-corrected chi connectivity index (χ2v) is 4.49. The molecule has 0 bridgehead atoms. The van der Waals surface area contributed by atoms with Gasteiger partial charge in [-0.1, -0.05) is 29.4 Å². The first-order chi connectivity index (χ1) is 8.04. The summed E-state index contributed by atoms with van der Waals surface area (Å²) in [6.45, 7) is 5.04. The van der Waals surface area contributed by atoms with Crippen LogP contribution in [-0.2, 0) is 6.54 Å². The molecule has 0 radical (unpaired) electrons. The van der Waals surface area contributed by atoms with Gasteiger partial charge in [0.15, 0.2) is 0 Å². The summed E-state index contributed by atoms with van der Waals surface area (Å²) in [7, 11) is 2.04. The van der Waals surface area contributed by atoms with E-state index in [4.69, 9.17) is 10.9 Å². The van der Waals surface area contributed by atoms with E-state index in [-0.39, 0.29) is 11.9 Å². The van der Waals surface area contributed by atoms with Gasteiger partial charge in [-0.25, -0.2) is 0 Å². The maximum Gasteiger partial charge on any atom is 0.140 e. The zero-order chi connectivity index (χ0) is 12.8. The molecule has 0 saturated heterocycles. The molecule has 17 heavy (non-hydrogen) atoms. The molecule has 3 N–H and O–H groups in total. The number of hydrogen-bond acceptors (Lipinski definition) is 3. The van der Waals surface area contributed by atoms with Gasteiger partial charge in [0, 0.05) is 19.0 Å². The van der Waals surface area contributed by atoms with Gasteiger partial charge in [-0.2, -0.15) is 0 Å². The maximum atomic E-state index is 8.54. The zero-order valence-corrected chi connectivity index (χ0v) is 10.7. The Labute approximate surface area is 103 Å². The van der Waals surface area contributed by atoms with Crippen molar-refractivity contribution in [1.82, 2.24) is 4.90 Å². The van der Waals surface area contributed by atoms with Crippen molar-refractivity contribution in [3.8, 4) is 0 Å². The van der Waals surface area contributed by atoms with Crippen LogP contribution in [0.25, 0.3) is 0 Å². The summed E-state index contributed by atoms with van der Waals surface area (Å²) in [5, 5.41) is 11.5. The van der Waals surface area contributed by atoms with Crippen molar-refractivity contribution in [3.05, 3.63) is 35.4 Å². The molecule has 1 rings (SSSR count). The molecule has 1 atom stereocenters. The van der Waals surface area contributed by atoms with Crippen molar-refractivity contribution in [2.24, 2.45) is 10.9 Å². The minimum atomic E-state index is 0.241. The Morgan fingerprint density at radius 1 is 1.47 bits per heavy atom. The molecule has 0 heterocycles. The van der Waals surface area contributed by atoms with Crippen LogP contribution in [0, 0.1) is 6.92 Å². The molecule has 0 fully saturated rings. The lowest BCUT2D eigenvalue weighted by Crippen LogP contribution is -2.33. The second kappa shape index (κ2) is 6.25. The number of amidine groups is 1. The molecule has 0 amide bonds. The van der Waals surface area contributed by atoms with Crippen molar-refractivity contribution in [2.75, 3.05) is 7.05 Å². The predicted molar refractivity (Wildman–Crippen MR) is 70.1 cm³/mol. The summed E-state index contributed by atoms with van der Waals surface area (Å²) in [6.07, 6.45) is 0.568. The fraction of sp³-hybridized carbons (Fsp3) is 0.462. The Bertz CT molecular complexity index is 390. The molecule has 0 aliphatic heterocycles. The van der Waals surface area contributed by atoms with E-state index < -0.39 is 0 Å². The first-order valence-electron chi connectivity index (χ1n) is 5.75. The van der Waals surface area contributed by atoms with Crippen molar-refractivity contribution >= 4 is 5.84 Å². The minimum Gasteiger partial charge on any atom is -0.409 e. The van der Waals surface area contributed by atoms with Gasteiger partial charge < -0.3 is 10.9 Å². The molecule has 0 aromatic heterocycles. The molecule has 0 aliphatic rings. The lowest BCUT2D eigenvalue weighted by atomic mass is 10.1. The molecule has 4 heteroatoms. The van der Waals surface area contributed by atoms with Crippen LogP contribution >= 0.6 is 0 Å². The Kier molecular flexibility index (Phi) is 4.97. The van der Waals surface area contributed by atoms with Gasteiger partial charge >= 0.3 is 0 Å². The second-order valence-electron chi connectivity index (χ2n) is 4.49. The third kappa shape index (κ3) is 4.07. The van der Waals surface area contributed by atoms with Crippen LogP contribution in [0.1, 0.15) is 24.5 Å². The predicted octanol–water partition coefficient (Wildman–Crippen LogP) is 1.95. The Morgan fingerprint density at radius 3 is 2.71 bits per heavy atom. The fourth-order valence-corrected chi connectivity index (χ4v) is 1.71. The van der Waals surface area contributed by atoms with Gasteiger partial charge in [-0.05, 0) is 32.0 Å². The molecule has 94 valence electrons. The number of aryl methyl sites for hydroxylation is 1. The van der Waals surface area contributed by atoms with E-state index >= 15 is 0 Å². The summed E-state index contributed by atoms with van der Waals surface area (Å²) in [5.74, 6) is 0.272. The van der Waals surface area contributed by atoms with Gasteiger partial charge in [0.25, 0.3) is 0 Å². The fourth-order valence-electron chi connectivity index (χ4n) is 1.71. The highest BCUT2D eigenvalue weighted by atomic mass is 16.4. The van der Waals surface area contributed by atoms with Gasteiger partial charge in [0.1, 0.15) is 5.84 Å². The SMILES string of the molecule is Cc1ccccc1CN(C)C(C)CC(N)=NO. The third-order valence-electron chi connectivity index (χ3n) is 3.07. The molecular formula is C13H21N3O. The highest BCUT2D eigenvalue weighted by Gasteiger charge is 2.12. The summed E-state index contributed by atoms with van der Waals surface area (Å²) in [4.78, 5) is 2.19. The first kappa shape index (κ1) is 13.5. The normalized spacial score (nSPS) is 14.0. The summed E-state index contributed by atoms with van der Waals surface area (Å²) in [6, 6.07) is 8.56. The number of hydrogen-bond donors (Lipinski definition) is 2. The van der Waals surface area contributed by atoms with E-state index in [1.54, 1.807) is 0 Å². The van der Waals surface area contributed by atoms with E-state index in [1.807, 2.05) is 19.2 Å². The number of nitrogens with zero attached hydrogens (tertiary/aromatic N) is 2. The zero-order valence-electron chi connectivity index (χ0n) is 10.7. The number of oxime groups is 1. The van der Waals surface area contributed by atoms with E-state index in [0.29, 0.717) is 6.42 Å². The van der Waals surface area contributed by atoms with Crippen molar-refractivity contribution in [3.63, 3.8) is 0 Å². The highest BCUT2D eigenvalue weighted by Crippen LogP contribution is 2.12. The van der Waals surface area contributed by atoms with Crippen molar-refractivity contribution in [1.29, 1.82) is 0 Å². The van der Waals surface area contributed by atoms with E-state index in [9.17, 15) is 0 Å². The quantitative estimate of drug-likeness (QED) is 0.355.